The zero-order chi connectivity index (χ0) is 15.6. The molecule has 22 heavy (non-hydrogen) atoms. The lowest BCUT2D eigenvalue weighted by Crippen LogP contribution is -2.65. The summed E-state index contributed by atoms with van der Waals surface area (Å²) in [4.78, 5) is 24.7. The van der Waals surface area contributed by atoms with Crippen molar-refractivity contribution in [2.75, 3.05) is 13.7 Å². The van der Waals surface area contributed by atoms with Gasteiger partial charge in [0.05, 0.1) is 13.0 Å². The maximum absolute atomic E-state index is 12.6. The van der Waals surface area contributed by atoms with E-state index in [0.717, 1.165) is 5.56 Å². The normalized spacial score (nSPS) is 29.1. The summed E-state index contributed by atoms with van der Waals surface area (Å²) >= 11 is 0. The van der Waals surface area contributed by atoms with E-state index in [0.29, 0.717) is 13.0 Å². The van der Waals surface area contributed by atoms with Crippen LogP contribution in [0.2, 0.25) is 0 Å². The molecular weight excluding hydrogens is 282 g/mol. The second kappa shape index (κ2) is 5.93. The van der Waals surface area contributed by atoms with Gasteiger partial charge in [0, 0.05) is 6.54 Å². The largest absolute Gasteiger partial charge is 0.469 e. The molecule has 3 unspecified atom stereocenters. The van der Waals surface area contributed by atoms with Crippen LogP contribution in [0.1, 0.15) is 12.0 Å². The third-order valence-corrected chi connectivity index (χ3v) is 4.41. The summed E-state index contributed by atoms with van der Waals surface area (Å²) in [6.45, 7) is 0.860. The molecule has 4 rings (SSSR count). The van der Waals surface area contributed by atoms with E-state index in [1.54, 1.807) is 6.08 Å². The van der Waals surface area contributed by atoms with Crippen LogP contribution in [0, 0.1) is 11.8 Å². The maximum Gasteiger partial charge on any atom is 0.331 e. The van der Waals surface area contributed by atoms with Gasteiger partial charge in [0.15, 0.2) is 0 Å². The maximum atomic E-state index is 12.6. The highest BCUT2D eigenvalue weighted by molar-refractivity contribution is 5.91. The number of nitrogens with one attached hydrogen (secondary N) is 1. The van der Waals surface area contributed by atoms with Crippen molar-refractivity contribution < 1.29 is 19.1 Å². The van der Waals surface area contributed by atoms with Crippen LogP contribution >= 0.6 is 0 Å². The lowest BCUT2D eigenvalue weighted by Gasteiger charge is -2.45. The predicted octanol–water partition coefficient (Wildman–Crippen LogP) is 1.44. The molecule has 0 amide bonds. The second-order valence-electron chi connectivity index (χ2n) is 5.74. The van der Waals surface area contributed by atoms with Crippen LogP contribution < -0.4 is 5.32 Å². The molecule has 5 heteroatoms. The van der Waals surface area contributed by atoms with Crippen LogP contribution in [0.15, 0.2) is 42.5 Å². The number of hydrogen-bond donors (Lipinski definition) is 1. The molecule has 0 radical (unpaired) electrons. The lowest BCUT2D eigenvalue weighted by molar-refractivity contribution is -0.164. The van der Waals surface area contributed by atoms with Crippen LogP contribution in [0.5, 0.6) is 0 Å². The molecule has 3 aliphatic rings. The summed E-state index contributed by atoms with van der Waals surface area (Å²) in [5.74, 6) is -1.09. The van der Waals surface area contributed by atoms with Gasteiger partial charge in [0.2, 0.25) is 0 Å². The van der Waals surface area contributed by atoms with Crippen LogP contribution in [0.3, 0.4) is 0 Å². The first-order chi connectivity index (χ1) is 10.7. The molecule has 5 nitrogen and oxygen atoms in total. The lowest BCUT2D eigenvalue weighted by atomic mass is 9.69. The van der Waals surface area contributed by atoms with Crippen LogP contribution in [0.4, 0.5) is 0 Å². The Morgan fingerprint density at radius 1 is 1.32 bits per heavy atom. The van der Waals surface area contributed by atoms with Gasteiger partial charge in [-0.2, -0.15) is 0 Å². The average Bonchev–Trinajstić information content (AvgIpc) is 2.60. The number of esters is 2. The summed E-state index contributed by atoms with van der Waals surface area (Å²) in [7, 11) is 1.34. The first kappa shape index (κ1) is 14.8. The Morgan fingerprint density at radius 2 is 2.09 bits per heavy atom. The molecule has 3 atom stereocenters. The van der Waals surface area contributed by atoms with Crippen LogP contribution in [0.25, 0.3) is 0 Å². The molecule has 1 N–H and O–H groups in total. The Morgan fingerprint density at radius 3 is 2.73 bits per heavy atom. The Kier molecular flexibility index (Phi) is 3.98. The highest BCUT2D eigenvalue weighted by Gasteiger charge is 2.54. The Labute approximate surface area is 129 Å². The summed E-state index contributed by atoms with van der Waals surface area (Å²) in [5, 5.41) is 3.17. The van der Waals surface area contributed by atoms with Crippen molar-refractivity contribution in [1.82, 2.24) is 5.32 Å². The van der Waals surface area contributed by atoms with Crippen molar-refractivity contribution >= 4 is 11.9 Å². The van der Waals surface area contributed by atoms with E-state index in [-0.39, 0.29) is 18.5 Å². The summed E-state index contributed by atoms with van der Waals surface area (Å²) in [5.41, 5.74) is -0.188. The van der Waals surface area contributed by atoms with Gasteiger partial charge in [0.1, 0.15) is 12.1 Å². The zero-order valence-electron chi connectivity index (χ0n) is 12.5. The molecule has 116 valence electrons. The van der Waals surface area contributed by atoms with Gasteiger partial charge < -0.3 is 9.47 Å². The van der Waals surface area contributed by atoms with Gasteiger partial charge in [-0.1, -0.05) is 42.5 Å². The Balaban J connectivity index is 1.77. The number of benzene rings is 1. The molecule has 1 saturated heterocycles. The third kappa shape index (κ3) is 2.52. The minimum Gasteiger partial charge on any atom is -0.469 e. The minimum absolute atomic E-state index is 0.189. The highest BCUT2D eigenvalue weighted by atomic mass is 16.5. The number of hydrogen-bond acceptors (Lipinski definition) is 5. The minimum atomic E-state index is -1.10. The highest BCUT2D eigenvalue weighted by Crippen LogP contribution is 2.38. The average molecular weight is 301 g/mol. The fraction of sp³-hybridized carbons (Fsp3) is 0.412. The van der Waals surface area contributed by atoms with Crippen molar-refractivity contribution in [2.45, 2.75) is 18.6 Å². The van der Waals surface area contributed by atoms with E-state index >= 15 is 0 Å². The fourth-order valence-corrected chi connectivity index (χ4v) is 3.15. The van der Waals surface area contributed by atoms with Gasteiger partial charge in [-0.3, -0.25) is 10.1 Å². The summed E-state index contributed by atoms with van der Waals surface area (Å²) in [6, 6.07) is 9.48. The molecule has 0 saturated carbocycles. The number of methoxy groups -OCH3 is 1. The van der Waals surface area contributed by atoms with Gasteiger partial charge >= 0.3 is 11.9 Å². The Bertz CT molecular complexity index is 598. The van der Waals surface area contributed by atoms with Gasteiger partial charge in [0.25, 0.3) is 0 Å². The number of fused-ring (bicyclic) bond motifs is 2. The SMILES string of the molecule is COC(=O)C1CC2C=CC1(C(=O)OCc1ccccc1)NC2. The van der Waals surface area contributed by atoms with Gasteiger partial charge in [-0.15, -0.1) is 0 Å². The molecular formula is C17H19NO4. The van der Waals surface area contributed by atoms with E-state index < -0.39 is 17.4 Å². The second-order valence-corrected chi connectivity index (χ2v) is 5.74. The smallest absolute Gasteiger partial charge is 0.331 e. The number of piperidine rings is 1. The molecule has 1 aromatic rings. The quantitative estimate of drug-likeness (QED) is 0.673. The van der Waals surface area contributed by atoms with Crippen LogP contribution in [-0.2, 0) is 25.7 Å². The first-order valence-electron chi connectivity index (χ1n) is 7.39. The van der Waals surface area contributed by atoms with Crippen molar-refractivity contribution in [3.05, 3.63) is 48.0 Å². The van der Waals surface area contributed by atoms with Crippen molar-refractivity contribution in [3.63, 3.8) is 0 Å². The van der Waals surface area contributed by atoms with E-state index in [9.17, 15) is 9.59 Å². The van der Waals surface area contributed by atoms with Crippen molar-refractivity contribution in [1.29, 1.82) is 0 Å². The van der Waals surface area contributed by atoms with E-state index in [4.69, 9.17) is 9.47 Å². The Hall–Kier alpha value is -2.14. The number of carbonyl (C=O) groups is 2. The first-order valence-corrected chi connectivity index (χ1v) is 7.39. The monoisotopic (exact) mass is 301 g/mol. The summed E-state index contributed by atoms with van der Waals surface area (Å²) in [6.07, 6.45) is 4.36. The van der Waals surface area contributed by atoms with Crippen LogP contribution in [-0.4, -0.2) is 31.1 Å². The number of ether oxygens (including phenoxy) is 2. The third-order valence-electron chi connectivity index (χ3n) is 4.41. The van der Waals surface area contributed by atoms with E-state index in [1.165, 1.54) is 7.11 Å². The standard InChI is InChI=1S/C17H19NO4/c1-21-15(19)14-9-13-7-8-17(14,18-10-13)16(20)22-11-12-5-3-2-4-6-12/h2-8,13-14,18H,9-11H2,1H3. The van der Waals surface area contributed by atoms with E-state index in [1.807, 2.05) is 36.4 Å². The van der Waals surface area contributed by atoms with E-state index in [2.05, 4.69) is 5.32 Å². The topological polar surface area (TPSA) is 64.6 Å². The number of rotatable bonds is 4. The zero-order valence-corrected chi connectivity index (χ0v) is 12.5. The molecule has 2 bridgehead atoms. The van der Waals surface area contributed by atoms with Gasteiger partial charge in [-0.05, 0) is 17.9 Å². The molecule has 0 spiro atoms. The molecule has 1 fully saturated rings. The molecule has 1 aliphatic carbocycles. The fourth-order valence-electron chi connectivity index (χ4n) is 3.15. The van der Waals surface area contributed by atoms with Crippen molar-refractivity contribution in [2.24, 2.45) is 11.8 Å². The van der Waals surface area contributed by atoms with Crippen molar-refractivity contribution in [3.8, 4) is 0 Å². The number of carbonyl (C=O) groups excluding carboxylic acids is 2. The predicted molar refractivity (Wildman–Crippen MR) is 79.7 cm³/mol. The molecule has 2 heterocycles. The molecule has 2 aliphatic heterocycles. The molecule has 1 aromatic carbocycles. The van der Waals surface area contributed by atoms with Gasteiger partial charge in [-0.25, -0.2) is 4.79 Å². The summed E-state index contributed by atoms with van der Waals surface area (Å²) < 4.78 is 10.3. The molecule has 0 aromatic heterocycles.